The van der Waals surface area contributed by atoms with E-state index in [1.54, 1.807) is 0 Å². The fraction of sp³-hybridized carbons (Fsp3) is 0.909. The zero-order valence-corrected chi connectivity index (χ0v) is 9.68. The second kappa shape index (κ2) is 6.19. The second-order valence-corrected chi connectivity index (χ2v) is 5.77. The van der Waals surface area contributed by atoms with Gasteiger partial charge in [0.25, 0.3) is 0 Å². The summed E-state index contributed by atoms with van der Waals surface area (Å²) in [5.41, 5.74) is 0. The van der Waals surface area contributed by atoms with Crippen molar-refractivity contribution in [2.75, 3.05) is 5.75 Å². The van der Waals surface area contributed by atoms with Crippen LogP contribution in [0.2, 0.25) is 0 Å². The van der Waals surface area contributed by atoms with Crippen LogP contribution in [0.15, 0.2) is 0 Å². The average molecular weight is 213 g/mol. The summed E-state index contributed by atoms with van der Waals surface area (Å²) in [4.78, 5) is 0. The summed E-state index contributed by atoms with van der Waals surface area (Å²) < 4.78 is 11.9. The smallest absolute Gasteiger partial charge is 0.0668 e. The van der Waals surface area contributed by atoms with Crippen LogP contribution >= 0.6 is 0 Å². The van der Waals surface area contributed by atoms with E-state index in [9.17, 15) is 4.21 Å². The van der Waals surface area contributed by atoms with E-state index in [0.717, 1.165) is 44.3 Å². The summed E-state index contributed by atoms with van der Waals surface area (Å²) in [6.07, 6.45) is 6.37. The molecule has 0 aromatic carbocycles. The van der Waals surface area contributed by atoms with Gasteiger partial charge >= 0.3 is 0 Å². The van der Waals surface area contributed by atoms with E-state index >= 15 is 0 Å². The molecule has 2 nitrogen and oxygen atoms in total. The minimum Gasteiger partial charge on any atom is -0.259 e. The Balaban J connectivity index is 2.47. The molecule has 14 heavy (non-hydrogen) atoms. The van der Waals surface area contributed by atoms with Gasteiger partial charge in [0.2, 0.25) is 0 Å². The molecule has 0 radical (unpaired) electrons. The van der Waals surface area contributed by atoms with Crippen molar-refractivity contribution in [3.05, 3.63) is 0 Å². The van der Waals surface area contributed by atoms with Crippen molar-refractivity contribution in [2.24, 2.45) is 5.92 Å². The minimum absolute atomic E-state index is 0.0569. The van der Waals surface area contributed by atoms with Crippen LogP contribution in [0.1, 0.15) is 45.4 Å². The Labute approximate surface area is 89.1 Å². The molecule has 1 saturated carbocycles. The first kappa shape index (κ1) is 11.7. The first-order valence-electron chi connectivity index (χ1n) is 5.56. The zero-order chi connectivity index (χ0) is 10.4. The van der Waals surface area contributed by atoms with Gasteiger partial charge in [-0.15, -0.1) is 0 Å². The highest BCUT2D eigenvalue weighted by atomic mass is 32.2. The Bertz CT molecular complexity index is 234. The normalized spacial score (nSPS) is 29.4. The molecule has 0 spiro atoms. The zero-order valence-electron chi connectivity index (χ0n) is 8.87. The van der Waals surface area contributed by atoms with E-state index in [4.69, 9.17) is 5.26 Å². The molecule has 1 aliphatic carbocycles. The molecular formula is C11H19NOS. The van der Waals surface area contributed by atoms with Crippen LogP contribution < -0.4 is 0 Å². The molecule has 3 unspecified atom stereocenters. The molecule has 0 aromatic rings. The number of hydrogen-bond donors (Lipinski definition) is 0. The van der Waals surface area contributed by atoms with Crippen molar-refractivity contribution >= 4 is 10.8 Å². The van der Waals surface area contributed by atoms with Gasteiger partial charge in [-0.1, -0.05) is 26.2 Å². The lowest BCUT2D eigenvalue weighted by Gasteiger charge is -2.25. The predicted octanol–water partition coefficient (Wildman–Crippen LogP) is 2.62. The summed E-state index contributed by atoms with van der Waals surface area (Å²) in [6.45, 7) is 2.11. The Morgan fingerprint density at radius 3 is 2.79 bits per heavy atom. The maximum absolute atomic E-state index is 11.9. The lowest BCUT2D eigenvalue weighted by molar-refractivity contribution is 0.431. The predicted molar refractivity (Wildman–Crippen MR) is 59.3 cm³/mol. The van der Waals surface area contributed by atoms with Gasteiger partial charge in [-0.25, -0.2) is 0 Å². The van der Waals surface area contributed by atoms with E-state index in [1.165, 1.54) is 0 Å². The van der Waals surface area contributed by atoms with E-state index in [1.807, 2.05) is 0 Å². The maximum atomic E-state index is 11.9. The summed E-state index contributed by atoms with van der Waals surface area (Å²) in [5, 5.41) is 9.12. The number of unbranched alkanes of at least 4 members (excludes halogenated alkanes) is 1. The van der Waals surface area contributed by atoms with Crippen LogP contribution in [-0.4, -0.2) is 15.2 Å². The molecule has 0 saturated heterocycles. The third-order valence-corrected chi connectivity index (χ3v) is 4.84. The summed E-state index contributed by atoms with van der Waals surface area (Å²) >= 11 is 0. The Kier molecular flexibility index (Phi) is 5.17. The van der Waals surface area contributed by atoms with Crippen LogP contribution in [0.4, 0.5) is 0 Å². The van der Waals surface area contributed by atoms with Crippen molar-refractivity contribution in [2.45, 2.75) is 50.7 Å². The van der Waals surface area contributed by atoms with Gasteiger partial charge in [-0.3, -0.25) is 4.21 Å². The van der Waals surface area contributed by atoms with Crippen molar-refractivity contribution in [1.29, 1.82) is 5.26 Å². The molecule has 0 aliphatic heterocycles. The molecule has 80 valence electrons. The highest BCUT2D eigenvalue weighted by molar-refractivity contribution is 7.85. The van der Waals surface area contributed by atoms with E-state index < -0.39 is 10.8 Å². The van der Waals surface area contributed by atoms with E-state index in [-0.39, 0.29) is 11.2 Å². The third kappa shape index (κ3) is 3.09. The van der Waals surface area contributed by atoms with E-state index in [0.29, 0.717) is 0 Å². The quantitative estimate of drug-likeness (QED) is 0.720. The molecule has 0 N–H and O–H groups in total. The number of nitriles is 1. The first-order valence-corrected chi connectivity index (χ1v) is 6.94. The summed E-state index contributed by atoms with van der Waals surface area (Å²) in [5.74, 6) is 0.848. The van der Waals surface area contributed by atoms with Gasteiger partial charge in [-0.05, 0) is 19.3 Å². The maximum Gasteiger partial charge on any atom is 0.0668 e. The van der Waals surface area contributed by atoms with Gasteiger partial charge in [0, 0.05) is 16.6 Å². The van der Waals surface area contributed by atoms with Gasteiger partial charge < -0.3 is 0 Å². The second-order valence-electron chi connectivity index (χ2n) is 4.00. The largest absolute Gasteiger partial charge is 0.259 e. The SMILES string of the molecule is CCCCS(=O)C1CCCCC1C#N. The molecule has 0 amide bonds. The molecule has 0 heterocycles. The Hall–Kier alpha value is -0.360. The average Bonchev–Trinajstić information content (AvgIpc) is 2.25. The number of nitrogens with zero attached hydrogens (tertiary/aromatic N) is 1. The molecule has 1 fully saturated rings. The molecule has 1 rings (SSSR count). The summed E-state index contributed by atoms with van der Waals surface area (Å²) in [7, 11) is -0.759. The van der Waals surface area contributed by atoms with Gasteiger partial charge in [0.05, 0.1) is 17.2 Å². The summed E-state index contributed by atoms with van der Waals surface area (Å²) in [6, 6.07) is 2.32. The topological polar surface area (TPSA) is 40.9 Å². The molecule has 3 heteroatoms. The highest BCUT2D eigenvalue weighted by Crippen LogP contribution is 2.28. The minimum atomic E-state index is -0.759. The highest BCUT2D eigenvalue weighted by Gasteiger charge is 2.29. The van der Waals surface area contributed by atoms with Crippen LogP contribution in [-0.2, 0) is 10.8 Å². The third-order valence-electron chi connectivity index (χ3n) is 2.91. The molecule has 0 aromatic heterocycles. The molecule has 3 atom stereocenters. The van der Waals surface area contributed by atoms with Crippen molar-refractivity contribution in [1.82, 2.24) is 0 Å². The van der Waals surface area contributed by atoms with Crippen molar-refractivity contribution < 1.29 is 4.21 Å². The molecule has 0 bridgehead atoms. The lowest BCUT2D eigenvalue weighted by Crippen LogP contribution is -2.29. The monoisotopic (exact) mass is 213 g/mol. The molecule has 1 aliphatic rings. The van der Waals surface area contributed by atoms with Crippen LogP contribution in [0.5, 0.6) is 0 Å². The van der Waals surface area contributed by atoms with Gasteiger partial charge in [0.1, 0.15) is 0 Å². The van der Waals surface area contributed by atoms with Crippen molar-refractivity contribution in [3.8, 4) is 6.07 Å². The molecular weight excluding hydrogens is 194 g/mol. The van der Waals surface area contributed by atoms with Gasteiger partial charge in [0.15, 0.2) is 0 Å². The van der Waals surface area contributed by atoms with Crippen LogP contribution in [0.3, 0.4) is 0 Å². The van der Waals surface area contributed by atoms with Crippen LogP contribution in [0.25, 0.3) is 0 Å². The fourth-order valence-electron chi connectivity index (χ4n) is 2.00. The van der Waals surface area contributed by atoms with E-state index in [2.05, 4.69) is 13.0 Å². The van der Waals surface area contributed by atoms with Gasteiger partial charge in [-0.2, -0.15) is 5.26 Å². The number of hydrogen-bond acceptors (Lipinski definition) is 2. The number of rotatable bonds is 4. The Morgan fingerprint density at radius 1 is 1.43 bits per heavy atom. The van der Waals surface area contributed by atoms with Crippen molar-refractivity contribution in [3.63, 3.8) is 0 Å². The fourth-order valence-corrected chi connectivity index (χ4v) is 3.87. The first-order chi connectivity index (χ1) is 6.79. The van der Waals surface area contributed by atoms with Crippen LogP contribution in [0, 0.1) is 17.2 Å². The lowest BCUT2D eigenvalue weighted by atomic mass is 9.90. The Morgan fingerprint density at radius 2 is 2.14 bits per heavy atom. The standard InChI is InChI=1S/C11H19NOS/c1-2-3-8-14(13)11-7-5-4-6-10(11)9-12/h10-11H,2-8H2,1H3.